The molecule has 1 N–H and O–H groups in total. The van der Waals surface area contributed by atoms with E-state index < -0.39 is 0 Å². The van der Waals surface area contributed by atoms with Crippen molar-refractivity contribution in [1.29, 1.82) is 0 Å². The van der Waals surface area contributed by atoms with Crippen molar-refractivity contribution in [3.05, 3.63) is 39.1 Å². The van der Waals surface area contributed by atoms with E-state index >= 15 is 0 Å². The van der Waals surface area contributed by atoms with E-state index in [0.29, 0.717) is 0 Å². The van der Waals surface area contributed by atoms with Crippen molar-refractivity contribution >= 4 is 27.3 Å². The number of aromatic nitrogens is 1. The Bertz CT molecular complexity index is 537. The van der Waals surface area contributed by atoms with E-state index in [1.165, 1.54) is 0 Å². The number of morpholine rings is 1. The molecule has 3 nitrogen and oxygen atoms in total. The van der Waals surface area contributed by atoms with Crippen LogP contribution in [0.15, 0.2) is 34.1 Å². The number of nitrogens with zero attached hydrogens (tertiary/aromatic N) is 1. The number of nitrogens with one attached hydrogen (secondary N) is 1. The molecular weight excluding hydrogens is 312 g/mol. The maximum atomic E-state index is 5.72. The highest BCUT2D eigenvalue weighted by atomic mass is 79.9. The summed E-state index contributed by atoms with van der Waals surface area (Å²) in [6.45, 7) is 2.54. The van der Waals surface area contributed by atoms with Gasteiger partial charge in [0.2, 0.25) is 0 Å². The van der Waals surface area contributed by atoms with Gasteiger partial charge in [-0.05, 0) is 6.07 Å². The van der Waals surface area contributed by atoms with Crippen LogP contribution in [0.3, 0.4) is 0 Å². The van der Waals surface area contributed by atoms with Crippen LogP contribution < -0.4 is 5.32 Å². The summed E-state index contributed by atoms with van der Waals surface area (Å²) < 4.78 is 6.79. The monoisotopic (exact) mass is 324 g/mol. The summed E-state index contributed by atoms with van der Waals surface area (Å²) in [7, 11) is 0. The van der Waals surface area contributed by atoms with Crippen LogP contribution in [0.4, 0.5) is 0 Å². The molecule has 1 aliphatic heterocycles. The smallest absolute Gasteiger partial charge is 0.124 e. The van der Waals surface area contributed by atoms with Crippen LogP contribution in [0.5, 0.6) is 0 Å². The van der Waals surface area contributed by atoms with Gasteiger partial charge in [-0.1, -0.05) is 34.1 Å². The molecule has 1 aliphatic rings. The molecule has 18 heavy (non-hydrogen) atoms. The van der Waals surface area contributed by atoms with E-state index in [9.17, 15) is 0 Å². The summed E-state index contributed by atoms with van der Waals surface area (Å²) in [6.07, 6.45) is 0.0972. The van der Waals surface area contributed by atoms with Gasteiger partial charge >= 0.3 is 0 Å². The van der Waals surface area contributed by atoms with Gasteiger partial charge in [-0.15, -0.1) is 11.3 Å². The lowest BCUT2D eigenvalue weighted by Crippen LogP contribution is -2.33. The minimum absolute atomic E-state index is 0.0972. The van der Waals surface area contributed by atoms with Crippen LogP contribution in [0.1, 0.15) is 11.1 Å². The lowest BCUT2D eigenvalue weighted by molar-refractivity contribution is 0.0276. The first kappa shape index (κ1) is 12.3. The van der Waals surface area contributed by atoms with Crippen LogP contribution in [0.2, 0.25) is 0 Å². The second-order valence-electron chi connectivity index (χ2n) is 4.11. The van der Waals surface area contributed by atoms with E-state index in [1.807, 2.05) is 18.2 Å². The Morgan fingerprint density at radius 1 is 1.39 bits per heavy atom. The van der Waals surface area contributed by atoms with Crippen LogP contribution in [-0.2, 0) is 4.74 Å². The van der Waals surface area contributed by atoms with Crippen molar-refractivity contribution in [2.24, 2.45) is 0 Å². The Morgan fingerprint density at radius 3 is 3.06 bits per heavy atom. The molecule has 0 bridgehead atoms. The zero-order valence-corrected chi connectivity index (χ0v) is 12.1. The number of hydrogen-bond donors (Lipinski definition) is 1. The maximum absolute atomic E-state index is 5.72. The lowest BCUT2D eigenvalue weighted by atomic mass is 10.2. The lowest BCUT2D eigenvalue weighted by Gasteiger charge is -2.21. The molecule has 94 valence electrons. The van der Waals surface area contributed by atoms with E-state index in [4.69, 9.17) is 4.74 Å². The Morgan fingerprint density at radius 2 is 2.28 bits per heavy atom. The number of rotatable bonds is 2. The number of hydrogen-bond acceptors (Lipinski definition) is 4. The molecule has 1 aromatic carbocycles. The predicted molar refractivity (Wildman–Crippen MR) is 76.8 cm³/mol. The largest absolute Gasteiger partial charge is 0.368 e. The summed E-state index contributed by atoms with van der Waals surface area (Å²) in [4.78, 5) is 4.69. The Kier molecular flexibility index (Phi) is 3.75. The normalized spacial score (nSPS) is 19.9. The summed E-state index contributed by atoms with van der Waals surface area (Å²) >= 11 is 5.22. The van der Waals surface area contributed by atoms with Gasteiger partial charge in [0.1, 0.15) is 11.1 Å². The Labute approximate surface area is 118 Å². The van der Waals surface area contributed by atoms with Gasteiger partial charge in [0.05, 0.1) is 12.3 Å². The second kappa shape index (κ2) is 5.48. The van der Waals surface area contributed by atoms with E-state index in [-0.39, 0.29) is 6.10 Å². The Hall–Kier alpha value is -0.750. The molecule has 2 aromatic rings. The van der Waals surface area contributed by atoms with E-state index in [2.05, 4.69) is 37.7 Å². The molecule has 1 atom stereocenters. The van der Waals surface area contributed by atoms with Crippen LogP contribution in [0, 0.1) is 0 Å². The molecular formula is C13H13BrN2OS. The van der Waals surface area contributed by atoms with Crippen molar-refractivity contribution < 1.29 is 4.74 Å². The predicted octanol–water partition coefficient (Wildman–Crippen LogP) is 3.23. The highest BCUT2D eigenvalue weighted by Gasteiger charge is 2.19. The molecule has 0 saturated carbocycles. The first-order valence-electron chi connectivity index (χ1n) is 5.87. The summed E-state index contributed by atoms with van der Waals surface area (Å²) in [5.41, 5.74) is 2.14. The fourth-order valence-corrected chi connectivity index (χ4v) is 3.31. The standard InChI is InChI=1S/C13H13BrN2OS/c14-10-4-2-1-3-9(10)11-8-18-13(16-11)12-7-15-5-6-17-12/h1-4,8,12,15H,5-7H2. The van der Waals surface area contributed by atoms with Gasteiger partial charge in [-0.3, -0.25) is 0 Å². The third kappa shape index (κ3) is 2.49. The third-order valence-electron chi connectivity index (χ3n) is 2.87. The van der Waals surface area contributed by atoms with Gasteiger partial charge in [-0.2, -0.15) is 0 Å². The Balaban J connectivity index is 1.87. The van der Waals surface area contributed by atoms with Crippen LogP contribution >= 0.6 is 27.3 Å². The van der Waals surface area contributed by atoms with Crippen molar-refractivity contribution in [2.75, 3.05) is 19.7 Å². The van der Waals surface area contributed by atoms with Gasteiger partial charge in [0, 0.05) is 28.5 Å². The van der Waals surface area contributed by atoms with Gasteiger partial charge in [0.25, 0.3) is 0 Å². The maximum Gasteiger partial charge on any atom is 0.124 e. The second-order valence-corrected chi connectivity index (χ2v) is 5.86. The average Bonchev–Trinajstić information content (AvgIpc) is 2.90. The first-order chi connectivity index (χ1) is 8.84. The van der Waals surface area contributed by atoms with Gasteiger partial charge in [0.15, 0.2) is 0 Å². The summed E-state index contributed by atoms with van der Waals surface area (Å²) in [6, 6.07) is 8.14. The highest BCUT2D eigenvalue weighted by Crippen LogP contribution is 2.31. The molecule has 0 amide bonds. The molecule has 1 unspecified atom stereocenters. The molecule has 0 aliphatic carbocycles. The van der Waals surface area contributed by atoms with Gasteiger partial charge < -0.3 is 10.1 Å². The third-order valence-corrected chi connectivity index (χ3v) is 4.50. The van der Waals surface area contributed by atoms with Gasteiger partial charge in [-0.25, -0.2) is 4.98 Å². The van der Waals surface area contributed by atoms with Crippen molar-refractivity contribution in [3.8, 4) is 11.3 Å². The zero-order valence-electron chi connectivity index (χ0n) is 9.73. The molecule has 1 saturated heterocycles. The number of halogens is 1. The summed E-state index contributed by atoms with van der Waals surface area (Å²) in [5, 5.41) is 6.47. The molecule has 0 radical (unpaired) electrons. The molecule has 2 heterocycles. The number of benzene rings is 1. The molecule has 0 spiro atoms. The molecule has 3 rings (SSSR count). The fraction of sp³-hybridized carbons (Fsp3) is 0.308. The number of ether oxygens (including phenoxy) is 1. The fourth-order valence-electron chi connectivity index (χ4n) is 1.95. The summed E-state index contributed by atoms with van der Waals surface area (Å²) in [5.74, 6) is 0. The SMILES string of the molecule is Brc1ccccc1-c1csc(C2CNCCO2)n1. The first-order valence-corrected chi connectivity index (χ1v) is 7.54. The van der Waals surface area contributed by atoms with Crippen LogP contribution in [-0.4, -0.2) is 24.7 Å². The van der Waals surface area contributed by atoms with E-state index in [1.54, 1.807) is 11.3 Å². The minimum Gasteiger partial charge on any atom is -0.368 e. The van der Waals surface area contributed by atoms with E-state index in [0.717, 1.165) is 40.4 Å². The minimum atomic E-state index is 0.0972. The van der Waals surface area contributed by atoms with Crippen molar-refractivity contribution in [1.82, 2.24) is 10.3 Å². The van der Waals surface area contributed by atoms with Crippen molar-refractivity contribution in [3.63, 3.8) is 0 Å². The zero-order chi connectivity index (χ0) is 12.4. The molecule has 1 aromatic heterocycles. The number of thiazole rings is 1. The average molecular weight is 325 g/mol. The quantitative estimate of drug-likeness (QED) is 0.920. The van der Waals surface area contributed by atoms with Crippen LogP contribution in [0.25, 0.3) is 11.3 Å². The topological polar surface area (TPSA) is 34.1 Å². The highest BCUT2D eigenvalue weighted by molar-refractivity contribution is 9.10. The molecule has 1 fully saturated rings. The molecule has 5 heteroatoms. The van der Waals surface area contributed by atoms with Crippen molar-refractivity contribution in [2.45, 2.75) is 6.10 Å².